The van der Waals surface area contributed by atoms with Gasteiger partial charge in [0, 0.05) is 23.8 Å². The molecule has 0 saturated carbocycles. The largest absolute Gasteiger partial charge is 0.342 e. The summed E-state index contributed by atoms with van der Waals surface area (Å²) in [7, 11) is 0. The molecule has 2 amide bonds. The summed E-state index contributed by atoms with van der Waals surface area (Å²) in [6.07, 6.45) is 7.73. The van der Waals surface area contributed by atoms with Gasteiger partial charge in [0.15, 0.2) is 0 Å². The topological polar surface area (TPSA) is 62.3 Å². The highest BCUT2D eigenvalue weighted by Gasteiger charge is 2.26. The van der Waals surface area contributed by atoms with E-state index >= 15 is 0 Å². The van der Waals surface area contributed by atoms with E-state index in [2.05, 4.69) is 10.3 Å². The van der Waals surface area contributed by atoms with E-state index in [0.29, 0.717) is 4.88 Å². The van der Waals surface area contributed by atoms with Crippen molar-refractivity contribution in [2.75, 3.05) is 13.1 Å². The zero-order valence-electron chi connectivity index (χ0n) is 14.4. The Morgan fingerprint density at radius 1 is 1.20 bits per heavy atom. The molecule has 3 rings (SSSR count). The van der Waals surface area contributed by atoms with Gasteiger partial charge < -0.3 is 10.2 Å². The first-order chi connectivity index (χ1) is 12.1. The smallest absolute Gasteiger partial charge is 0.261 e. The fraction of sp³-hybridized carbons (Fsp3) is 0.421. The molecular weight excluding hydrogens is 334 g/mol. The summed E-state index contributed by atoms with van der Waals surface area (Å²) in [5.74, 6) is -0.202. The van der Waals surface area contributed by atoms with Crippen molar-refractivity contribution in [1.82, 2.24) is 15.2 Å². The van der Waals surface area contributed by atoms with Crippen LogP contribution in [0.4, 0.5) is 0 Å². The fourth-order valence-corrected chi connectivity index (χ4v) is 4.02. The Labute approximate surface area is 152 Å². The summed E-state index contributed by atoms with van der Waals surface area (Å²) in [5.41, 5.74) is 1.12. The molecule has 1 atom stereocenters. The predicted octanol–water partition coefficient (Wildman–Crippen LogP) is 3.33. The van der Waals surface area contributed by atoms with Gasteiger partial charge in [-0.05, 0) is 49.6 Å². The molecule has 0 bridgehead atoms. The molecule has 25 heavy (non-hydrogen) atoms. The van der Waals surface area contributed by atoms with Crippen LogP contribution in [0.5, 0.6) is 0 Å². The van der Waals surface area contributed by atoms with Crippen LogP contribution >= 0.6 is 11.3 Å². The standard InChI is InChI=1S/C19H23N3O2S/c1-14-6-7-17(25-14)19(24)21-13-18(23)22-12-4-2-3-5-16(22)15-8-10-20-11-9-15/h6-11,16H,2-5,12-13H2,1H3,(H,21,24). The van der Waals surface area contributed by atoms with E-state index in [4.69, 9.17) is 0 Å². The molecule has 1 N–H and O–H groups in total. The third-order valence-electron chi connectivity index (χ3n) is 4.53. The third-order valence-corrected chi connectivity index (χ3v) is 5.53. The van der Waals surface area contributed by atoms with Gasteiger partial charge in [0.2, 0.25) is 5.91 Å². The maximum Gasteiger partial charge on any atom is 0.261 e. The average molecular weight is 357 g/mol. The second-order valence-electron chi connectivity index (χ2n) is 6.33. The van der Waals surface area contributed by atoms with Crippen molar-refractivity contribution >= 4 is 23.2 Å². The minimum atomic E-state index is -0.179. The molecule has 132 valence electrons. The van der Waals surface area contributed by atoms with Gasteiger partial charge in [-0.2, -0.15) is 0 Å². The van der Waals surface area contributed by atoms with Crippen LogP contribution in [0.25, 0.3) is 0 Å². The van der Waals surface area contributed by atoms with Crippen LogP contribution in [0.15, 0.2) is 36.7 Å². The van der Waals surface area contributed by atoms with E-state index in [-0.39, 0.29) is 24.4 Å². The van der Waals surface area contributed by atoms with Gasteiger partial charge in [-0.1, -0.05) is 12.8 Å². The first kappa shape index (κ1) is 17.6. The Balaban J connectivity index is 1.66. The zero-order valence-corrected chi connectivity index (χ0v) is 15.2. The van der Waals surface area contributed by atoms with Crippen LogP contribution in [0.3, 0.4) is 0 Å². The molecule has 1 fully saturated rings. The SMILES string of the molecule is Cc1ccc(C(=O)NCC(=O)N2CCCCCC2c2ccncc2)s1. The van der Waals surface area contributed by atoms with Gasteiger partial charge >= 0.3 is 0 Å². The zero-order chi connectivity index (χ0) is 17.6. The second-order valence-corrected chi connectivity index (χ2v) is 7.61. The number of carbonyl (C=O) groups excluding carboxylic acids is 2. The Morgan fingerprint density at radius 2 is 2.00 bits per heavy atom. The summed E-state index contributed by atoms with van der Waals surface area (Å²) < 4.78 is 0. The quantitative estimate of drug-likeness (QED) is 0.913. The minimum absolute atomic E-state index is 0.0228. The number of aromatic nitrogens is 1. The monoisotopic (exact) mass is 357 g/mol. The van der Waals surface area contributed by atoms with Crippen LogP contribution in [0, 0.1) is 6.92 Å². The highest BCUT2D eigenvalue weighted by molar-refractivity contribution is 7.13. The molecule has 0 aromatic carbocycles. The summed E-state index contributed by atoms with van der Waals surface area (Å²) >= 11 is 1.44. The van der Waals surface area contributed by atoms with Crippen molar-refractivity contribution in [1.29, 1.82) is 0 Å². The van der Waals surface area contributed by atoms with Gasteiger partial charge in [0.25, 0.3) is 5.91 Å². The molecule has 2 aromatic heterocycles. The number of rotatable bonds is 4. The van der Waals surface area contributed by atoms with E-state index in [1.807, 2.05) is 30.0 Å². The Kier molecular flexibility index (Phi) is 5.81. The Hall–Kier alpha value is -2.21. The average Bonchev–Trinajstić information content (AvgIpc) is 2.92. The van der Waals surface area contributed by atoms with Crippen LogP contribution in [0.2, 0.25) is 0 Å². The number of amides is 2. The minimum Gasteiger partial charge on any atom is -0.342 e. The van der Waals surface area contributed by atoms with Crippen molar-refractivity contribution in [2.24, 2.45) is 0 Å². The van der Waals surface area contributed by atoms with Gasteiger partial charge in [-0.15, -0.1) is 11.3 Å². The van der Waals surface area contributed by atoms with Gasteiger partial charge in [0.1, 0.15) is 0 Å². The van der Waals surface area contributed by atoms with Crippen molar-refractivity contribution in [3.05, 3.63) is 52.0 Å². The number of aryl methyl sites for hydroxylation is 1. The number of nitrogens with one attached hydrogen (secondary N) is 1. The summed E-state index contributed by atoms with van der Waals surface area (Å²) in [5, 5.41) is 2.77. The molecule has 0 spiro atoms. The van der Waals surface area contributed by atoms with E-state index in [0.717, 1.165) is 42.7 Å². The van der Waals surface area contributed by atoms with E-state index in [9.17, 15) is 9.59 Å². The maximum atomic E-state index is 12.8. The first-order valence-electron chi connectivity index (χ1n) is 8.69. The number of carbonyl (C=O) groups is 2. The number of hydrogen-bond donors (Lipinski definition) is 1. The second kappa shape index (κ2) is 8.25. The molecule has 1 aliphatic heterocycles. The number of pyridine rings is 1. The Bertz CT molecular complexity index is 729. The summed E-state index contributed by atoms with van der Waals surface area (Å²) in [6.45, 7) is 2.74. The highest BCUT2D eigenvalue weighted by Crippen LogP contribution is 2.29. The van der Waals surface area contributed by atoms with Gasteiger partial charge in [-0.25, -0.2) is 0 Å². The van der Waals surface area contributed by atoms with E-state index in [1.165, 1.54) is 11.3 Å². The normalized spacial score (nSPS) is 17.8. The lowest BCUT2D eigenvalue weighted by Gasteiger charge is -2.30. The van der Waals surface area contributed by atoms with Crippen LogP contribution in [-0.2, 0) is 4.79 Å². The predicted molar refractivity (Wildman–Crippen MR) is 98.5 cm³/mol. The lowest BCUT2D eigenvalue weighted by Crippen LogP contribution is -2.42. The fourth-order valence-electron chi connectivity index (χ4n) is 3.24. The lowest BCUT2D eigenvalue weighted by atomic mass is 10.0. The first-order valence-corrected chi connectivity index (χ1v) is 9.51. The van der Waals surface area contributed by atoms with Gasteiger partial charge in [-0.3, -0.25) is 14.6 Å². The van der Waals surface area contributed by atoms with Crippen LogP contribution in [-0.4, -0.2) is 34.8 Å². The van der Waals surface area contributed by atoms with Crippen molar-refractivity contribution < 1.29 is 9.59 Å². The molecule has 0 aliphatic carbocycles. The van der Waals surface area contributed by atoms with Crippen molar-refractivity contribution in [3.63, 3.8) is 0 Å². The molecule has 5 nitrogen and oxygen atoms in total. The lowest BCUT2D eigenvalue weighted by molar-refractivity contribution is -0.132. The molecule has 6 heteroatoms. The molecule has 2 aromatic rings. The van der Waals surface area contributed by atoms with E-state index < -0.39 is 0 Å². The number of hydrogen-bond acceptors (Lipinski definition) is 4. The maximum absolute atomic E-state index is 12.8. The number of nitrogens with zero attached hydrogens (tertiary/aromatic N) is 2. The molecule has 1 saturated heterocycles. The summed E-state index contributed by atoms with van der Waals surface area (Å²) in [6, 6.07) is 7.73. The third kappa shape index (κ3) is 4.45. The highest BCUT2D eigenvalue weighted by atomic mass is 32.1. The number of thiophene rings is 1. The number of likely N-dealkylation sites (tertiary alicyclic amines) is 1. The molecule has 3 heterocycles. The Morgan fingerprint density at radius 3 is 2.72 bits per heavy atom. The summed E-state index contributed by atoms with van der Waals surface area (Å²) in [4.78, 5) is 32.7. The van der Waals surface area contributed by atoms with Crippen molar-refractivity contribution in [3.8, 4) is 0 Å². The molecule has 0 radical (unpaired) electrons. The van der Waals surface area contributed by atoms with Crippen LogP contribution in [0.1, 0.15) is 51.8 Å². The molecule has 1 aliphatic rings. The van der Waals surface area contributed by atoms with Crippen molar-refractivity contribution in [2.45, 2.75) is 38.6 Å². The molecular formula is C19H23N3O2S. The molecule has 1 unspecified atom stereocenters. The van der Waals surface area contributed by atoms with Gasteiger partial charge in [0.05, 0.1) is 17.5 Å². The van der Waals surface area contributed by atoms with E-state index in [1.54, 1.807) is 18.5 Å². The van der Waals surface area contributed by atoms with Crippen LogP contribution < -0.4 is 5.32 Å².